The molecule has 1 amide bonds. The standard InChI is InChI=1S/C21H18F2N6O2/c1-11-18-13(19(22)23)9-15(12-4-5-12)25-20(18)29(28-11)10-17(30)27-21-24-7-6-14(26-21)16-3-2-8-31-16/h2-3,6-9,12,19H,4-5,10H2,1H3,(H,24,26,27,30). The van der Waals surface area contributed by atoms with Crippen molar-refractivity contribution in [2.75, 3.05) is 5.32 Å². The SMILES string of the molecule is Cc1nn(CC(=O)Nc2nccc(-c3ccco3)n2)c2nc(C3CC3)cc(C(F)F)c12. The Morgan fingerprint density at radius 1 is 1.32 bits per heavy atom. The fourth-order valence-electron chi connectivity index (χ4n) is 3.56. The van der Waals surface area contributed by atoms with Gasteiger partial charge in [0.1, 0.15) is 12.2 Å². The van der Waals surface area contributed by atoms with Gasteiger partial charge in [-0.3, -0.25) is 10.1 Å². The van der Waals surface area contributed by atoms with Crippen LogP contribution >= 0.6 is 0 Å². The number of fused-ring (bicyclic) bond motifs is 1. The molecule has 0 bridgehead atoms. The smallest absolute Gasteiger partial charge is 0.264 e. The number of amides is 1. The van der Waals surface area contributed by atoms with Gasteiger partial charge in [-0.15, -0.1) is 0 Å². The highest BCUT2D eigenvalue weighted by molar-refractivity contribution is 5.90. The van der Waals surface area contributed by atoms with E-state index in [1.165, 1.54) is 23.2 Å². The minimum absolute atomic E-state index is 0.0921. The lowest BCUT2D eigenvalue weighted by Gasteiger charge is -2.08. The Morgan fingerprint density at radius 3 is 2.87 bits per heavy atom. The third kappa shape index (κ3) is 3.76. The maximum Gasteiger partial charge on any atom is 0.264 e. The number of nitrogens with one attached hydrogen (secondary N) is 1. The van der Waals surface area contributed by atoms with Gasteiger partial charge in [0.15, 0.2) is 11.4 Å². The number of aromatic nitrogens is 5. The molecule has 4 heterocycles. The lowest BCUT2D eigenvalue weighted by molar-refractivity contribution is -0.116. The number of hydrogen-bond donors (Lipinski definition) is 1. The van der Waals surface area contributed by atoms with E-state index in [-0.39, 0.29) is 29.6 Å². The number of pyridine rings is 1. The molecule has 10 heteroatoms. The van der Waals surface area contributed by atoms with Crippen molar-refractivity contribution in [3.05, 3.63) is 53.7 Å². The molecule has 0 saturated heterocycles. The van der Waals surface area contributed by atoms with Gasteiger partial charge >= 0.3 is 0 Å². The quantitative estimate of drug-likeness (QED) is 0.497. The Bertz CT molecular complexity index is 1260. The predicted octanol–water partition coefficient (Wildman–Crippen LogP) is 4.24. The zero-order valence-corrected chi connectivity index (χ0v) is 16.5. The summed E-state index contributed by atoms with van der Waals surface area (Å²) in [6.45, 7) is 1.43. The van der Waals surface area contributed by atoms with Crippen LogP contribution in [-0.2, 0) is 11.3 Å². The van der Waals surface area contributed by atoms with Crippen molar-refractivity contribution in [2.24, 2.45) is 0 Å². The van der Waals surface area contributed by atoms with Crippen molar-refractivity contribution in [3.63, 3.8) is 0 Å². The summed E-state index contributed by atoms with van der Waals surface area (Å²) in [5.74, 6) is 0.394. The molecule has 4 aromatic heterocycles. The first-order chi connectivity index (χ1) is 15.0. The first-order valence-electron chi connectivity index (χ1n) is 9.82. The number of aryl methyl sites for hydroxylation is 1. The topological polar surface area (TPSA) is 98.7 Å². The zero-order valence-electron chi connectivity index (χ0n) is 16.5. The average Bonchev–Trinajstić information content (AvgIpc) is 3.36. The lowest BCUT2D eigenvalue weighted by atomic mass is 10.1. The minimum atomic E-state index is -2.65. The molecule has 1 fully saturated rings. The molecule has 4 aromatic rings. The Kier molecular flexibility index (Phi) is 4.68. The van der Waals surface area contributed by atoms with Crippen LogP contribution in [0.1, 0.15) is 42.1 Å². The number of alkyl halides is 2. The summed E-state index contributed by atoms with van der Waals surface area (Å²) < 4.78 is 34.0. The van der Waals surface area contributed by atoms with Crippen molar-refractivity contribution >= 4 is 22.9 Å². The summed E-state index contributed by atoms with van der Waals surface area (Å²) in [6.07, 6.45) is 2.24. The van der Waals surface area contributed by atoms with Gasteiger partial charge in [0.25, 0.3) is 6.43 Å². The molecule has 0 spiro atoms. The molecule has 0 aliphatic heterocycles. The summed E-state index contributed by atoms with van der Waals surface area (Å²) in [7, 11) is 0. The van der Waals surface area contributed by atoms with Crippen LogP contribution in [0.15, 0.2) is 41.1 Å². The van der Waals surface area contributed by atoms with E-state index < -0.39 is 12.3 Å². The highest BCUT2D eigenvalue weighted by Crippen LogP contribution is 2.41. The monoisotopic (exact) mass is 424 g/mol. The van der Waals surface area contributed by atoms with Gasteiger partial charge in [0, 0.05) is 23.4 Å². The minimum Gasteiger partial charge on any atom is -0.463 e. The summed E-state index contributed by atoms with van der Waals surface area (Å²) in [5, 5.41) is 7.21. The van der Waals surface area contributed by atoms with E-state index in [1.54, 1.807) is 25.1 Å². The molecule has 0 radical (unpaired) electrons. The van der Waals surface area contributed by atoms with E-state index >= 15 is 0 Å². The number of carbonyl (C=O) groups excluding carboxylic acids is 1. The Hall–Kier alpha value is -3.69. The largest absolute Gasteiger partial charge is 0.463 e. The molecule has 0 atom stereocenters. The van der Waals surface area contributed by atoms with Gasteiger partial charge in [-0.25, -0.2) is 28.4 Å². The molecular weight excluding hydrogens is 406 g/mol. The molecule has 0 unspecified atom stereocenters. The summed E-state index contributed by atoms with van der Waals surface area (Å²) in [6, 6.07) is 6.61. The summed E-state index contributed by atoms with van der Waals surface area (Å²) in [4.78, 5) is 25.5. The molecule has 1 aliphatic rings. The predicted molar refractivity (Wildman–Crippen MR) is 108 cm³/mol. The fourth-order valence-corrected chi connectivity index (χ4v) is 3.56. The van der Waals surface area contributed by atoms with E-state index in [4.69, 9.17) is 4.42 Å². The van der Waals surface area contributed by atoms with Crippen LogP contribution in [0.3, 0.4) is 0 Å². The first kappa shape index (κ1) is 19.3. The van der Waals surface area contributed by atoms with Crippen LogP contribution in [0, 0.1) is 6.92 Å². The number of rotatable bonds is 6. The Labute approximate surface area is 175 Å². The molecule has 1 N–H and O–H groups in total. The van der Waals surface area contributed by atoms with Crippen LogP contribution in [0.2, 0.25) is 0 Å². The van der Waals surface area contributed by atoms with E-state index in [1.807, 2.05) is 0 Å². The van der Waals surface area contributed by atoms with Crippen molar-refractivity contribution < 1.29 is 18.0 Å². The van der Waals surface area contributed by atoms with Crippen molar-refractivity contribution in [1.29, 1.82) is 0 Å². The van der Waals surface area contributed by atoms with Gasteiger partial charge in [0.05, 0.1) is 17.3 Å². The van der Waals surface area contributed by atoms with E-state index in [9.17, 15) is 13.6 Å². The summed E-state index contributed by atoms with van der Waals surface area (Å²) in [5.41, 5.74) is 1.75. The Balaban J connectivity index is 1.43. The van der Waals surface area contributed by atoms with Crippen molar-refractivity contribution in [2.45, 2.75) is 38.7 Å². The molecule has 31 heavy (non-hydrogen) atoms. The highest BCUT2D eigenvalue weighted by atomic mass is 19.3. The van der Waals surface area contributed by atoms with Crippen LogP contribution < -0.4 is 5.32 Å². The van der Waals surface area contributed by atoms with Gasteiger partial charge in [0.2, 0.25) is 11.9 Å². The van der Waals surface area contributed by atoms with Gasteiger partial charge < -0.3 is 4.42 Å². The van der Waals surface area contributed by atoms with E-state index in [0.29, 0.717) is 28.2 Å². The number of hydrogen-bond acceptors (Lipinski definition) is 6. The first-order valence-corrected chi connectivity index (χ1v) is 9.82. The third-order valence-corrected chi connectivity index (χ3v) is 5.13. The van der Waals surface area contributed by atoms with Crippen molar-refractivity contribution in [3.8, 4) is 11.5 Å². The van der Waals surface area contributed by atoms with Gasteiger partial charge in [-0.05, 0) is 44.0 Å². The molecule has 1 aliphatic carbocycles. The third-order valence-electron chi connectivity index (χ3n) is 5.13. The van der Waals surface area contributed by atoms with E-state index in [0.717, 1.165) is 12.8 Å². The van der Waals surface area contributed by atoms with Crippen LogP contribution in [0.4, 0.5) is 14.7 Å². The van der Waals surface area contributed by atoms with Gasteiger partial charge in [-0.1, -0.05) is 0 Å². The van der Waals surface area contributed by atoms with Crippen LogP contribution in [0.5, 0.6) is 0 Å². The number of furan rings is 1. The zero-order chi connectivity index (χ0) is 21.5. The summed E-state index contributed by atoms with van der Waals surface area (Å²) >= 11 is 0. The van der Waals surface area contributed by atoms with Crippen LogP contribution in [-0.4, -0.2) is 30.6 Å². The maximum absolute atomic E-state index is 13.7. The van der Waals surface area contributed by atoms with E-state index in [2.05, 4.69) is 25.4 Å². The molecule has 8 nitrogen and oxygen atoms in total. The molecule has 1 saturated carbocycles. The molecular formula is C21H18F2N6O2. The van der Waals surface area contributed by atoms with Gasteiger partial charge in [-0.2, -0.15) is 5.10 Å². The fraction of sp³-hybridized carbons (Fsp3) is 0.286. The van der Waals surface area contributed by atoms with Crippen LogP contribution in [0.25, 0.3) is 22.5 Å². The van der Waals surface area contributed by atoms with Crippen molar-refractivity contribution in [1.82, 2.24) is 24.7 Å². The Morgan fingerprint density at radius 2 is 2.16 bits per heavy atom. The lowest BCUT2D eigenvalue weighted by Crippen LogP contribution is -2.21. The number of carbonyl (C=O) groups is 1. The molecule has 158 valence electrons. The second-order valence-electron chi connectivity index (χ2n) is 7.44. The normalized spacial score (nSPS) is 13.8. The second-order valence-corrected chi connectivity index (χ2v) is 7.44. The molecule has 0 aromatic carbocycles. The molecule has 5 rings (SSSR count). The number of anilines is 1. The highest BCUT2D eigenvalue weighted by Gasteiger charge is 2.29. The maximum atomic E-state index is 13.7. The average molecular weight is 424 g/mol. The number of halogens is 2. The second kappa shape index (κ2) is 7.53. The number of nitrogens with zero attached hydrogens (tertiary/aromatic N) is 5.